The number of hydrogen-bond donors (Lipinski definition) is 2. The van der Waals surface area contributed by atoms with Crippen LogP contribution in [0.1, 0.15) is 51.0 Å². The van der Waals surface area contributed by atoms with E-state index in [4.69, 9.17) is 9.47 Å². The molecule has 1 saturated carbocycles. The highest BCUT2D eigenvalue weighted by atomic mass is 16.6. The molecule has 1 aliphatic carbocycles. The molecule has 1 saturated heterocycles. The van der Waals surface area contributed by atoms with E-state index in [1.807, 2.05) is 0 Å². The summed E-state index contributed by atoms with van der Waals surface area (Å²) in [4.78, 5) is 26.6. The average molecular weight is 405 g/mol. The molecule has 0 bridgehead atoms. The predicted octanol–water partition coefficient (Wildman–Crippen LogP) is 3.44. The molecule has 29 heavy (non-hydrogen) atoms. The fourth-order valence-corrected chi connectivity index (χ4v) is 4.18. The lowest BCUT2D eigenvalue weighted by molar-refractivity contribution is -0.124. The number of nitrogens with zero attached hydrogens (tertiary/aromatic N) is 1. The van der Waals surface area contributed by atoms with Crippen LogP contribution in [0.3, 0.4) is 0 Å². The lowest BCUT2D eigenvalue weighted by atomic mass is 9.86. The van der Waals surface area contributed by atoms with Crippen molar-refractivity contribution in [2.45, 2.75) is 58.1 Å². The van der Waals surface area contributed by atoms with Gasteiger partial charge in [-0.2, -0.15) is 0 Å². The topological polar surface area (TPSA) is 88.1 Å². The van der Waals surface area contributed by atoms with Gasteiger partial charge < -0.3 is 24.8 Å². The van der Waals surface area contributed by atoms with Crippen LogP contribution in [0.2, 0.25) is 0 Å². The Morgan fingerprint density at radius 1 is 1.21 bits per heavy atom. The molecule has 2 N–H and O–H groups in total. The Hall–Kier alpha value is -2.44. The van der Waals surface area contributed by atoms with Gasteiger partial charge >= 0.3 is 6.09 Å². The van der Waals surface area contributed by atoms with E-state index in [-0.39, 0.29) is 29.8 Å². The zero-order valence-corrected chi connectivity index (χ0v) is 17.4. The van der Waals surface area contributed by atoms with Crippen molar-refractivity contribution < 1.29 is 24.2 Å². The van der Waals surface area contributed by atoms with E-state index in [0.29, 0.717) is 31.8 Å². The minimum atomic E-state index is -0.288. The molecule has 0 radical (unpaired) electrons. The summed E-state index contributed by atoms with van der Waals surface area (Å²) < 4.78 is 10.8. The number of rotatable bonds is 6. The van der Waals surface area contributed by atoms with Crippen molar-refractivity contribution in [1.82, 2.24) is 10.2 Å². The summed E-state index contributed by atoms with van der Waals surface area (Å²) >= 11 is 0. The van der Waals surface area contributed by atoms with Gasteiger partial charge in [0.1, 0.15) is 6.10 Å². The lowest BCUT2D eigenvalue weighted by Crippen LogP contribution is -2.36. The van der Waals surface area contributed by atoms with Crippen molar-refractivity contribution in [1.29, 1.82) is 0 Å². The number of hydrogen-bond acceptors (Lipinski definition) is 5. The maximum atomic E-state index is 12.5. The molecular formula is C22H32N2O5. The Kier molecular flexibility index (Phi) is 7.23. The first-order valence-corrected chi connectivity index (χ1v) is 10.6. The first-order valence-electron chi connectivity index (χ1n) is 10.6. The molecule has 3 rings (SSSR count). The molecule has 1 unspecified atom stereocenters. The van der Waals surface area contributed by atoms with Crippen LogP contribution in [-0.2, 0) is 16.1 Å². The summed E-state index contributed by atoms with van der Waals surface area (Å²) in [5.74, 6) is 0.904. The second-order valence-electron chi connectivity index (χ2n) is 8.09. The molecule has 160 valence electrons. The van der Waals surface area contributed by atoms with E-state index < -0.39 is 0 Å². The number of likely N-dealkylation sites (tertiary alicyclic amines) is 1. The Balaban J connectivity index is 1.42. The minimum absolute atomic E-state index is 0.0163. The van der Waals surface area contributed by atoms with Gasteiger partial charge in [-0.15, -0.1) is 0 Å². The van der Waals surface area contributed by atoms with Crippen molar-refractivity contribution in [3.05, 3.63) is 23.8 Å². The largest absolute Gasteiger partial charge is 0.504 e. The van der Waals surface area contributed by atoms with Gasteiger partial charge in [-0.3, -0.25) is 4.79 Å². The molecule has 1 aromatic rings. The second kappa shape index (κ2) is 9.85. The van der Waals surface area contributed by atoms with Crippen molar-refractivity contribution in [3.8, 4) is 11.5 Å². The number of benzene rings is 1. The molecule has 1 aliphatic heterocycles. The number of methoxy groups -OCH3 is 1. The number of carbonyl (C=O) groups excluding carboxylic acids is 2. The number of phenols is 1. The van der Waals surface area contributed by atoms with Crippen LogP contribution in [0.15, 0.2) is 18.2 Å². The third-order valence-corrected chi connectivity index (χ3v) is 6.17. The van der Waals surface area contributed by atoms with Crippen molar-refractivity contribution in [2.24, 2.45) is 11.8 Å². The number of carbonyl (C=O) groups is 2. The number of amides is 2. The average Bonchev–Trinajstić information content (AvgIpc) is 3.24. The summed E-state index contributed by atoms with van der Waals surface area (Å²) in [5, 5.41) is 12.6. The molecule has 7 nitrogen and oxygen atoms in total. The zero-order chi connectivity index (χ0) is 20.8. The monoisotopic (exact) mass is 404 g/mol. The SMILES string of the molecule is CCC1CCC(OC(=O)N2CCC(C(=O)NCc3ccc(O)c(OC)c3)C2)CC1. The molecule has 2 amide bonds. The highest BCUT2D eigenvalue weighted by molar-refractivity contribution is 5.80. The molecule has 1 aromatic carbocycles. The van der Waals surface area contributed by atoms with Gasteiger partial charge in [0.05, 0.1) is 13.0 Å². The van der Waals surface area contributed by atoms with E-state index in [1.165, 1.54) is 13.5 Å². The van der Waals surface area contributed by atoms with E-state index in [1.54, 1.807) is 23.1 Å². The summed E-state index contributed by atoms with van der Waals surface area (Å²) in [6.45, 7) is 3.50. The van der Waals surface area contributed by atoms with Crippen molar-refractivity contribution >= 4 is 12.0 Å². The fraction of sp³-hybridized carbons (Fsp3) is 0.636. The summed E-state index contributed by atoms with van der Waals surface area (Å²) in [7, 11) is 1.49. The molecule has 0 aromatic heterocycles. The predicted molar refractivity (Wildman–Crippen MR) is 109 cm³/mol. The normalized spacial score (nSPS) is 24.2. The molecule has 1 atom stereocenters. The number of phenolic OH excluding ortho intramolecular Hbond substituents is 1. The molecule has 1 heterocycles. The van der Waals surface area contributed by atoms with Gasteiger partial charge in [-0.1, -0.05) is 19.4 Å². The Morgan fingerprint density at radius 2 is 1.97 bits per heavy atom. The Labute approximate surface area is 172 Å². The Morgan fingerprint density at radius 3 is 2.66 bits per heavy atom. The first kappa shape index (κ1) is 21.3. The fourth-order valence-electron chi connectivity index (χ4n) is 4.18. The summed E-state index contributed by atoms with van der Waals surface area (Å²) in [5.41, 5.74) is 0.838. The number of aromatic hydroxyl groups is 1. The number of ether oxygens (including phenoxy) is 2. The van der Waals surface area contributed by atoms with E-state index in [9.17, 15) is 14.7 Å². The van der Waals surface area contributed by atoms with Gasteiger partial charge in [-0.05, 0) is 55.7 Å². The molecule has 0 spiro atoms. The third kappa shape index (κ3) is 5.55. The maximum Gasteiger partial charge on any atom is 0.410 e. The lowest BCUT2D eigenvalue weighted by Gasteiger charge is -2.29. The van der Waals surface area contributed by atoms with Gasteiger partial charge in [0, 0.05) is 19.6 Å². The minimum Gasteiger partial charge on any atom is -0.504 e. The van der Waals surface area contributed by atoms with Crippen LogP contribution >= 0.6 is 0 Å². The van der Waals surface area contributed by atoms with Crippen molar-refractivity contribution in [2.75, 3.05) is 20.2 Å². The Bertz CT molecular complexity index is 715. The standard InChI is InChI=1S/C22H32N2O5/c1-3-15-4-7-18(8-5-15)29-22(27)24-11-10-17(14-24)21(26)23-13-16-6-9-19(25)20(12-16)28-2/h6,9,12,15,17-18,25H,3-5,7-8,10-11,13-14H2,1-2H3,(H,23,26). The van der Waals surface area contributed by atoms with Crippen LogP contribution in [0, 0.1) is 11.8 Å². The van der Waals surface area contributed by atoms with Gasteiger partial charge in [0.15, 0.2) is 11.5 Å². The molecule has 2 fully saturated rings. The highest BCUT2D eigenvalue weighted by Crippen LogP contribution is 2.29. The van der Waals surface area contributed by atoms with Crippen LogP contribution in [0.25, 0.3) is 0 Å². The third-order valence-electron chi connectivity index (χ3n) is 6.17. The maximum absolute atomic E-state index is 12.5. The van der Waals surface area contributed by atoms with Gasteiger partial charge in [-0.25, -0.2) is 4.79 Å². The molecular weight excluding hydrogens is 372 g/mol. The van der Waals surface area contributed by atoms with Crippen LogP contribution in [0.5, 0.6) is 11.5 Å². The zero-order valence-electron chi connectivity index (χ0n) is 17.4. The quantitative estimate of drug-likeness (QED) is 0.758. The molecule has 2 aliphatic rings. The van der Waals surface area contributed by atoms with Crippen molar-refractivity contribution in [3.63, 3.8) is 0 Å². The summed E-state index contributed by atoms with van der Waals surface area (Å²) in [6.07, 6.45) is 5.70. The molecule has 7 heteroatoms. The van der Waals surface area contributed by atoms with Crippen LogP contribution in [-0.4, -0.2) is 48.3 Å². The summed E-state index contributed by atoms with van der Waals surface area (Å²) in [6, 6.07) is 4.98. The number of nitrogens with one attached hydrogen (secondary N) is 1. The van der Waals surface area contributed by atoms with Gasteiger partial charge in [0.25, 0.3) is 0 Å². The van der Waals surface area contributed by atoms with Crippen LogP contribution in [0.4, 0.5) is 4.79 Å². The van der Waals surface area contributed by atoms with E-state index in [0.717, 1.165) is 37.2 Å². The van der Waals surface area contributed by atoms with E-state index >= 15 is 0 Å². The smallest absolute Gasteiger partial charge is 0.410 e. The van der Waals surface area contributed by atoms with Gasteiger partial charge in [0.2, 0.25) is 5.91 Å². The van der Waals surface area contributed by atoms with Crippen LogP contribution < -0.4 is 10.1 Å². The van der Waals surface area contributed by atoms with E-state index in [2.05, 4.69) is 12.2 Å². The highest BCUT2D eigenvalue weighted by Gasteiger charge is 2.33. The first-order chi connectivity index (χ1) is 14.0. The second-order valence-corrected chi connectivity index (χ2v) is 8.09.